The molecule has 2 nitrogen and oxygen atoms in total. The summed E-state index contributed by atoms with van der Waals surface area (Å²) in [5.74, 6) is 0.765. The summed E-state index contributed by atoms with van der Waals surface area (Å²) in [7, 11) is 0. The molecule has 2 rings (SSSR count). The van der Waals surface area contributed by atoms with E-state index in [4.69, 9.17) is 0 Å². The van der Waals surface area contributed by atoms with Gasteiger partial charge in [-0.15, -0.1) is 0 Å². The number of nitrogens with zero attached hydrogens (tertiary/aromatic N) is 1. The van der Waals surface area contributed by atoms with E-state index in [9.17, 15) is 0 Å². The second kappa shape index (κ2) is 3.74. The van der Waals surface area contributed by atoms with Gasteiger partial charge in [-0.3, -0.25) is 4.90 Å². The summed E-state index contributed by atoms with van der Waals surface area (Å²) in [4.78, 5) is 2.77. The molecule has 0 aromatic heterocycles. The minimum atomic E-state index is 0.574. The van der Waals surface area contributed by atoms with Crippen LogP contribution < -0.4 is 5.32 Å². The molecule has 88 valence electrons. The average molecular weight is 210 g/mol. The van der Waals surface area contributed by atoms with Crippen LogP contribution in [0.5, 0.6) is 0 Å². The van der Waals surface area contributed by atoms with E-state index >= 15 is 0 Å². The highest BCUT2D eigenvalue weighted by Gasteiger charge is 2.52. The van der Waals surface area contributed by atoms with Crippen LogP contribution in [0.2, 0.25) is 0 Å². The normalized spacial score (nSPS) is 40.8. The van der Waals surface area contributed by atoms with Crippen LogP contribution in [0.25, 0.3) is 0 Å². The Labute approximate surface area is 94.4 Å². The average Bonchev–Trinajstić information content (AvgIpc) is 2.74. The lowest BCUT2D eigenvalue weighted by atomic mass is 9.97. The van der Waals surface area contributed by atoms with E-state index in [1.807, 2.05) is 0 Å². The van der Waals surface area contributed by atoms with E-state index in [0.717, 1.165) is 18.0 Å². The molecule has 2 heteroatoms. The zero-order valence-electron chi connectivity index (χ0n) is 10.9. The minimum Gasteiger partial charge on any atom is -0.311 e. The molecule has 0 bridgehead atoms. The van der Waals surface area contributed by atoms with Gasteiger partial charge in [-0.05, 0) is 24.7 Å². The molecule has 1 saturated carbocycles. The van der Waals surface area contributed by atoms with Crippen LogP contribution in [0.4, 0.5) is 0 Å². The number of rotatable bonds is 2. The zero-order valence-corrected chi connectivity index (χ0v) is 10.9. The Morgan fingerprint density at radius 1 is 1.33 bits per heavy atom. The maximum Gasteiger partial charge on any atom is 0.0247 e. The molecule has 0 amide bonds. The van der Waals surface area contributed by atoms with E-state index in [0.29, 0.717) is 11.5 Å². The Bertz CT molecular complexity index is 235. The Balaban J connectivity index is 2.04. The van der Waals surface area contributed by atoms with Crippen LogP contribution in [0.1, 0.15) is 41.0 Å². The highest BCUT2D eigenvalue weighted by atomic mass is 15.3. The lowest BCUT2D eigenvalue weighted by molar-refractivity contribution is 0.0831. The molecule has 0 aromatic carbocycles. The van der Waals surface area contributed by atoms with Gasteiger partial charge in [0.15, 0.2) is 0 Å². The third kappa shape index (κ3) is 2.21. The Morgan fingerprint density at radius 2 is 1.93 bits per heavy atom. The molecule has 0 aromatic rings. The first-order valence-electron chi connectivity index (χ1n) is 6.41. The van der Waals surface area contributed by atoms with E-state index < -0.39 is 0 Å². The van der Waals surface area contributed by atoms with Gasteiger partial charge in [-0.25, -0.2) is 0 Å². The van der Waals surface area contributed by atoms with Crippen molar-refractivity contribution in [2.45, 2.75) is 59.2 Å². The van der Waals surface area contributed by atoms with Crippen LogP contribution in [0, 0.1) is 11.3 Å². The molecular weight excluding hydrogens is 184 g/mol. The van der Waals surface area contributed by atoms with Crippen LogP contribution in [0.3, 0.4) is 0 Å². The standard InChI is InChI=1S/C13H26N2/c1-9(2)11-7-14-10(3)8-15(11)12-6-13(12,4)5/h9-12,14H,6-8H2,1-5H3. The summed E-state index contributed by atoms with van der Waals surface area (Å²) in [6.07, 6.45) is 1.39. The minimum absolute atomic E-state index is 0.574. The SMILES string of the molecule is CC1CN(C2CC2(C)C)C(C(C)C)CN1. The molecule has 2 fully saturated rings. The van der Waals surface area contributed by atoms with Gasteiger partial charge in [-0.2, -0.15) is 0 Å². The highest BCUT2D eigenvalue weighted by molar-refractivity contribution is 5.06. The van der Waals surface area contributed by atoms with Gasteiger partial charge >= 0.3 is 0 Å². The van der Waals surface area contributed by atoms with Crippen molar-refractivity contribution in [1.29, 1.82) is 0 Å². The topological polar surface area (TPSA) is 15.3 Å². The van der Waals surface area contributed by atoms with Crippen molar-refractivity contribution < 1.29 is 0 Å². The molecule has 1 aliphatic heterocycles. The molecule has 2 aliphatic rings. The highest BCUT2D eigenvalue weighted by Crippen LogP contribution is 2.49. The first-order valence-corrected chi connectivity index (χ1v) is 6.41. The van der Waals surface area contributed by atoms with Gasteiger partial charge in [0.25, 0.3) is 0 Å². The maximum absolute atomic E-state index is 3.61. The van der Waals surface area contributed by atoms with Gasteiger partial charge in [0.1, 0.15) is 0 Å². The number of hydrogen-bond donors (Lipinski definition) is 1. The maximum atomic E-state index is 3.61. The van der Waals surface area contributed by atoms with Gasteiger partial charge in [0, 0.05) is 31.2 Å². The van der Waals surface area contributed by atoms with Crippen molar-refractivity contribution in [3.05, 3.63) is 0 Å². The number of piperazine rings is 1. The summed E-state index contributed by atoms with van der Waals surface area (Å²) in [6, 6.07) is 2.25. The fraction of sp³-hybridized carbons (Fsp3) is 1.00. The molecule has 1 aliphatic carbocycles. The second-order valence-corrected chi connectivity index (χ2v) is 6.53. The second-order valence-electron chi connectivity index (χ2n) is 6.53. The molecule has 3 unspecified atom stereocenters. The fourth-order valence-electron chi connectivity index (χ4n) is 2.94. The van der Waals surface area contributed by atoms with Crippen LogP contribution in [0.15, 0.2) is 0 Å². The predicted octanol–water partition coefficient (Wildman–Crippen LogP) is 2.10. The zero-order chi connectivity index (χ0) is 11.2. The summed E-state index contributed by atoms with van der Waals surface area (Å²) >= 11 is 0. The Morgan fingerprint density at radius 3 is 2.40 bits per heavy atom. The first-order chi connectivity index (χ1) is 6.92. The number of hydrogen-bond acceptors (Lipinski definition) is 2. The van der Waals surface area contributed by atoms with Gasteiger partial charge < -0.3 is 5.32 Å². The molecule has 15 heavy (non-hydrogen) atoms. The van der Waals surface area contributed by atoms with Crippen molar-refractivity contribution in [3.8, 4) is 0 Å². The molecular formula is C13H26N2. The molecule has 3 atom stereocenters. The smallest absolute Gasteiger partial charge is 0.0247 e. The third-order valence-corrected chi connectivity index (χ3v) is 4.22. The number of nitrogens with one attached hydrogen (secondary N) is 1. The molecule has 1 heterocycles. The van der Waals surface area contributed by atoms with Crippen molar-refractivity contribution in [2.24, 2.45) is 11.3 Å². The van der Waals surface area contributed by atoms with Crippen molar-refractivity contribution in [3.63, 3.8) is 0 Å². The fourth-order valence-corrected chi connectivity index (χ4v) is 2.94. The largest absolute Gasteiger partial charge is 0.311 e. The summed E-state index contributed by atoms with van der Waals surface area (Å²) in [5, 5.41) is 3.61. The summed E-state index contributed by atoms with van der Waals surface area (Å²) < 4.78 is 0. The van der Waals surface area contributed by atoms with Crippen LogP contribution >= 0.6 is 0 Å². The molecule has 1 N–H and O–H groups in total. The van der Waals surface area contributed by atoms with Crippen molar-refractivity contribution in [1.82, 2.24) is 10.2 Å². The monoisotopic (exact) mass is 210 g/mol. The van der Waals surface area contributed by atoms with E-state index in [1.165, 1.54) is 19.5 Å². The Kier molecular flexibility index (Phi) is 2.85. The lowest BCUT2D eigenvalue weighted by Crippen LogP contribution is -2.58. The summed E-state index contributed by atoms with van der Waals surface area (Å²) in [5.41, 5.74) is 0.574. The van der Waals surface area contributed by atoms with Crippen molar-refractivity contribution in [2.75, 3.05) is 13.1 Å². The van der Waals surface area contributed by atoms with Gasteiger partial charge in [0.2, 0.25) is 0 Å². The van der Waals surface area contributed by atoms with Crippen molar-refractivity contribution >= 4 is 0 Å². The van der Waals surface area contributed by atoms with E-state index in [1.54, 1.807) is 0 Å². The third-order valence-electron chi connectivity index (χ3n) is 4.22. The van der Waals surface area contributed by atoms with E-state index in [-0.39, 0.29) is 0 Å². The predicted molar refractivity (Wildman–Crippen MR) is 65.0 cm³/mol. The first kappa shape index (κ1) is 11.4. The molecule has 1 saturated heterocycles. The quantitative estimate of drug-likeness (QED) is 0.751. The van der Waals surface area contributed by atoms with E-state index in [2.05, 4.69) is 44.8 Å². The van der Waals surface area contributed by atoms with Gasteiger partial charge in [0.05, 0.1) is 0 Å². The van der Waals surface area contributed by atoms with Crippen LogP contribution in [-0.4, -0.2) is 36.1 Å². The Hall–Kier alpha value is -0.0800. The van der Waals surface area contributed by atoms with Gasteiger partial charge in [-0.1, -0.05) is 27.7 Å². The molecule has 0 radical (unpaired) electrons. The summed E-state index contributed by atoms with van der Waals surface area (Å²) in [6.45, 7) is 14.2. The molecule has 0 spiro atoms. The lowest BCUT2D eigenvalue weighted by Gasteiger charge is -2.42. The van der Waals surface area contributed by atoms with Crippen LogP contribution in [-0.2, 0) is 0 Å².